The Labute approximate surface area is 108 Å². The Balaban J connectivity index is 1.69. The molecule has 3 aliphatic rings. The van der Waals surface area contributed by atoms with Crippen molar-refractivity contribution in [3.8, 4) is 0 Å². The van der Waals surface area contributed by atoms with E-state index in [0.717, 1.165) is 51.9 Å². The van der Waals surface area contributed by atoms with E-state index in [1.165, 1.54) is 6.42 Å². The summed E-state index contributed by atoms with van der Waals surface area (Å²) in [7, 11) is 0. The molecule has 3 unspecified atom stereocenters. The van der Waals surface area contributed by atoms with Crippen LogP contribution in [0.1, 0.15) is 32.1 Å². The molecule has 0 aromatic heterocycles. The molecule has 1 amide bonds. The smallest absolute Gasteiger partial charge is 0.239 e. The SMILES string of the molecule is NC(=O)C1(NCC2CCCO2)CCN2CCCC21. The molecule has 3 saturated heterocycles. The highest BCUT2D eigenvalue weighted by Crippen LogP contribution is 2.36. The van der Waals surface area contributed by atoms with Crippen molar-refractivity contribution >= 4 is 5.91 Å². The predicted molar refractivity (Wildman–Crippen MR) is 68.1 cm³/mol. The second-order valence-corrected chi connectivity index (χ2v) is 5.80. The molecule has 0 spiro atoms. The van der Waals surface area contributed by atoms with E-state index in [1.54, 1.807) is 0 Å². The van der Waals surface area contributed by atoms with Gasteiger partial charge in [-0.15, -0.1) is 0 Å². The van der Waals surface area contributed by atoms with Crippen LogP contribution in [-0.4, -0.2) is 54.7 Å². The van der Waals surface area contributed by atoms with Crippen molar-refractivity contribution in [2.24, 2.45) is 5.73 Å². The van der Waals surface area contributed by atoms with Crippen LogP contribution in [0, 0.1) is 0 Å². The van der Waals surface area contributed by atoms with Crippen molar-refractivity contribution in [3.63, 3.8) is 0 Å². The lowest BCUT2D eigenvalue weighted by Crippen LogP contribution is -2.62. The number of ether oxygens (including phenoxy) is 1. The fourth-order valence-electron chi connectivity index (χ4n) is 3.82. The van der Waals surface area contributed by atoms with Gasteiger partial charge in [-0.25, -0.2) is 0 Å². The van der Waals surface area contributed by atoms with Crippen molar-refractivity contribution in [3.05, 3.63) is 0 Å². The van der Waals surface area contributed by atoms with Gasteiger partial charge in [0.25, 0.3) is 0 Å². The van der Waals surface area contributed by atoms with E-state index in [9.17, 15) is 4.79 Å². The number of hydrogen-bond acceptors (Lipinski definition) is 4. The lowest BCUT2D eigenvalue weighted by molar-refractivity contribution is -0.125. The molecule has 3 atom stereocenters. The van der Waals surface area contributed by atoms with E-state index >= 15 is 0 Å². The van der Waals surface area contributed by atoms with E-state index < -0.39 is 5.54 Å². The van der Waals surface area contributed by atoms with Crippen molar-refractivity contribution in [2.45, 2.75) is 49.8 Å². The highest BCUT2D eigenvalue weighted by molar-refractivity contribution is 5.86. The zero-order valence-corrected chi connectivity index (χ0v) is 10.9. The number of fused-ring (bicyclic) bond motifs is 1. The second-order valence-electron chi connectivity index (χ2n) is 5.80. The number of hydrogen-bond donors (Lipinski definition) is 2. The number of nitrogens with two attached hydrogens (primary N) is 1. The zero-order valence-electron chi connectivity index (χ0n) is 10.9. The highest BCUT2D eigenvalue weighted by Gasteiger charge is 2.53. The molecule has 3 fully saturated rings. The Hall–Kier alpha value is -0.650. The summed E-state index contributed by atoms with van der Waals surface area (Å²) < 4.78 is 5.62. The Morgan fingerprint density at radius 2 is 2.28 bits per heavy atom. The summed E-state index contributed by atoms with van der Waals surface area (Å²) in [6.45, 7) is 3.71. The normalized spacial score (nSPS) is 40.2. The van der Waals surface area contributed by atoms with Gasteiger partial charge < -0.3 is 10.5 Å². The minimum absolute atomic E-state index is 0.185. The topological polar surface area (TPSA) is 67.6 Å². The fourth-order valence-corrected chi connectivity index (χ4v) is 3.82. The number of nitrogens with zero attached hydrogens (tertiary/aromatic N) is 1. The molecule has 0 bridgehead atoms. The van der Waals surface area contributed by atoms with Gasteiger partial charge in [0.2, 0.25) is 5.91 Å². The van der Waals surface area contributed by atoms with Crippen LogP contribution in [0.3, 0.4) is 0 Å². The zero-order chi connectivity index (χ0) is 12.6. The van der Waals surface area contributed by atoms with Gasteiger partial charge in [-0.2, -0.15) is 0 Å². The van der Waals surface area contributed by atoms with Gasteiger partial charge in [0, 0.05) is 25.7 Å². The van der Waals surface area contributed by atoms with E-state index in [4.69, 9.17) is 10.5 Å². The van der Waals surface area contributed by atoms with Crippen molar-refractivity contribution in [1.82, 2.24) is 10.2 Å². The molecule has 3 aliphatic heterocycles. The van der Waals surface area contributed by atoms with E-state index in [1.807, 2.05) is 0 Å². The quantitative estimate of drug-likeness (QED) is 0.731. The van der Waals surface area contributed by atoms with Gasteiger partial charge in [-0.3, -0.25) is 15.0 Å². The first kappa shape index (κ1) is 12.4. The average Bonchev–Trinajstić information content (AvgIpc) is 3.05. The first-order chi connectivity index (χ1) is 8.72. The predicted octanol–water partition coefficient (Wildman–Crippen LogP) is -0.153. The molecule has 3 rings (SSSR count). The third kappa shape index (κ3) is 1.94. The van der Waals surface area contributed by atoms with Gasteiger partial charge >= 0.3 is 0 Å². The van der Waals surface area contributed by atoms with E-state index in [0.29, 0.717) is 6.04 Å². The molecular formula is C13H23N3O2. The van der Waals surface area contributed by atoms with Crippen LogP contribution in [-0.2, 0) is 9.53 Å². The summed E-state index contributed by atoms with van der Waals surface area (Å²) in [5.74, 6) is -0.185. The van der Waals surface area contributed by atoms with Gasteiger partial charge in [0.15, 0.2) is 0 Å². The Morgan fingerprint density at radius 1 is 1.39 bits per heavy atom. The van der Waals surface area contributed by atoms with Crippen LogP contribution in [0.15, 0.2) is 0 Å². The molecular weight excluding hydrogens is 230 g/mol. The first-order valence-electron chi connectivity index (χ1n) is 7.13. The average molecular weight is 253 g/mol. The van der Waals surface area contributed by atoms with Crippen LogP contribution in [0.2, 0.25) is 0 Å². The molecule has 0 aliphatic carbocycles. The van der Waals surface area contributed by atoms with Gasteiger partial charge in [0.05, 0.1) is 6.10 Å². The highest BCUT2D eigenvalue weighted by atomic mass is 16.5. The van der Waals surface area contributed by atoms with Crippen molar-refractivity contribution < 1.29 is 9.53 Å². The number of amides is 1. The molecule has 5 nitrogen and oxygen atoms in total. The summed E-state index contributed by atoms with van der Waals surface area (Å²) >= 11 is 0. The lowest BCUT2D eigenvalue weighted by Gasteiger charge is -2.34. The molecule has 5 heteroatoms. The van der Waals surface area contributed by atoms with Crippen LogP contribution in [0.4, 0.5) is 0 Å². The number of carbonyl (C=O) groups is 1. The van der Waals surface area contributed by atoms with Crippen LogP contribution < -0.4 is 11.1 Å². The molecule has 18 heavy (non-hydrogen) atoms. The van der Waals surface area contributed by atoms with Crippen LogP contribution >= 0.6 is 0 Å². The molecule has 0 radical (unpaired) electrons. The maximum absolute atomic E-state index is 12.0. The van der Waals surface area contributed by atoms with Gasteiger partial charge in [-0.1, -0.05) is 0 Å². The number of carbonyl (C=O) groups excluding carboxylic acids is 1. The van der Waals surface area contributed by atoms with Crippen LogP contribution in [0.25, 0.3) is 0 Å². The summed E-state index contributed by atoms with van der Waals surface area (Å²) in [4.78, 5) is 14.4. The van der Waals surface area contributed by atoms with Gasteiger partial charge in [0.1, 0.15) is 5.54 Å². The third-order valence-electron chi connectivity index (χ3n) is 4.83. The summed E-state index contributed by atoms with van der Waals surface area (Å²) in [6.07, 6.45) is 5.60. The fraction of sp³-hybridized carbons (Fsp3) is 0.923. The lowest BCUT2D eigenvalue weighted by atomic mass is 9.87. The summed E-state index contributed by atoms with van der Waals surface area (Å²) in [6, 6.07) is 0.302. The van der Waals surface area contributed by atoms with E-state index in [2.05, 4.69) is 10.2 Å². The Morgan fingerprint density at radius 3 is 3.00 bits per heavy atom. The Kier molecular flexibility index (Phi) is 3.30. The monoisotopic (exact) mass is 253 g/mol. The number of nitrogens with one attached hydrogen (secondary N) is 1. The maximum Gasteiger partial charge on any atom is 0.239 e. The molecule has 3 heterocycles. The first-order valence-corrected chi connectivity index (χ1v) is 7.13. The van der Waals surface area contributed by atoms with Crippen molar-refractivity contribution in [1.29, 1.82) is 0 Å². The number of primary amides is 1. The summed E-state index contributed by atoms with van der Waals surface area (Å²) in [5.41, 5.74) is 5.19. The standard InChI is InChI=1S/C13H23N3O2/c14-12(17)13(15-9-10-3-2-8-18-10)5-7-16-6-1-4-11(13)16/h10-11,15H,1-9H2,(H2,14,17). The Bertz CT molecular complexity index is 330. The minimum atomic E-state index is -0.511. The molecule has 102 valence electrons. The largest absolute Gasteiger partial charge is 0.377 e. The minimum Gasteiger partial charge on any atom is -0.377 e. The second kappa shape index (κ2) is 4.79. The molecule has 0 aromatic carbocycles. The molecule has 0 saturated carbocycles. The maximum atomic E-state index is 12.0. The van der Waals surface area contributed by atoms with E-state index in [-0.39, 0.29) is 12.0 Å². The van der Waals surface area contributed by atoms with Gasteiger partial charge in [-0.05, 0) is 38.6 Å². The number of rotatable bonds is 4. The van der Waals surface area contributed by atoms with Crippen LogP contribution in [0.5, 0.6) is 0 Å². The summed E-state index contributed by atoms with van der Waals surface area (Å²) in [5, 5.41) is 3.47. The van der Waals surface area contributed by atoms with Crippen molar-refractivity contribution in [2.75, 3.05) is 26.2 Å². The molecule has 3 N–H and O–H groups in total. The molecule has 0 aromatic rings. The third-order valence-corrected chi connectivity index (χ3v) is 4.83.